The van der Waals surface area contributed by atoms with Crippen LogP contribution in [0.2, 0.25) is 0 Å². The molecule has 5 heteroatoms. The summed E-state index contributed by atoms with van der Waals surface area (Å²) in [5.74, 6) is 0.711. The minimum atomic E-state index is -0.216. The quantitative estimate of drug-likeness (QED) is 0.628. The number of thiol groups is 1. The van der Waals surface area contributed by atoms with Crippen LogP contribution in [0.1, 0.15) is 12.8 Å². The highest BCUT2D eigenvalue weighted by Crippen LogP contribution is 2.17. The molecule has 3 nitrogen and oxygen atoms in total. The summed E-state index contributed by atoms with van der Waals surface area (Å²) < 4.78 is 5.25. The lowest BCUT2D eigenvalue weighted by atomic mass is 10.3. The lowest BCUT2D eigenvalue weighted by molar-refractivity contribution is -0.110. The van der Waals surface area contributed by atoms with Gasteiger partial charge in [-0.1, -0.05) is 0 Å². The number of aromatic hydroxyl groups is 1. The first-order valence-corrected chi connectivity index (χ1v) is 5.15. The number of benzene rings is 1. The van der Waals surface area contributed by atoms with E-state index in [1.807, 2.05) is 0 Å². The Balaban J connectivity index is 2.44. The molecular weight excluding hydrogens is 232 g/mol. The van der Waals surface area contributed by atoms with Gasteiger partial charge in [-0.2, -0.15) is 0 Å². The maximum Gasteiger partial charge on any atom is 0.186 e. The second-order valence-electron chi connectivity index (χ2n) is 2.86. The SMILES string of the molecule is O=C(S)CCC(=S)Oc1ccc(O)cc1. The van der Waals surface area contributed by atoms with Gasteiger partial charge in [0.1, 0.15) is 11.5 Å². The summed E-state index contributed by atoms with van der Waals surface area (Å²) in [6.07, 6.45) is 0.637. The van der Waals surface area contributed by atoms with Crippen LogP contribution in [0.4, 0.5) is 0 Å². The average molecular weight is 242 g/mol. The molecule has 0 atom stereocenters. The number of carbonyl (C=O) groups is 1. The second-order valence-corrected chi connectivity index (χ2v) is 3.82. The van der Waals surface area contributed by atoms with Gasteiger partial charge in [-0.05, 0) is 36.5 Å². The van der Waals surface area contributed by atoms with Gasteiger partial charge in [-0.15, -0.1) is 12.6 Å². The molecule has 15 heavy (non-hydrogen) atoms. The Labute approximate surface area is 98.5 Å². The van der Waals surface area contributed by atoms with E-state index in [-0.39, 0.29) is 17.3 Å². The Morgan fingerprint density at radius 2 is 1.93 bits per heavy atom. The first-order chi connectivity index (χ1) is 7.08. The van der Waals surface area contributed by atoms with E-state index < -0.39 is 0 Å². The fourth-order valence-corrected chi connectivity index (χ4v) is 1.22. The Morgan fingerprint density at radius 1 is 1.33 bits per heavy atom. The van der Waals surface area contributed by atoms with E-state index >= 15 is 0 Å². The molecule has 0 fully saturated rings. The molecule has 1 N–H and O–H groups in total. The predicted molar refractivity (Wildman–Crippen MR) is 64.6 cm³/mol. The molecular formula is C10H10O3S2. The molecule has 1 aromatic carbocycles. The van der Waals surface area contributed by atoms with Crippen molar-refractivity contribution in [3.63, 3.8) is 0 Å². The van der Waals surface area contributed by atoms with E-state index in [0.717, 1.165) is 0 Å². The molecule has 0 heterocycles. The molecule has 0 aliphatic rings. The minimum Gasteiger partial charge on any atom is -0.508 e. The molecule has 0 aliphatic heterocycles. The van der Waals surface area contributed by atoms with Crippen LogP contribution in [0.3, 0.4) is 0 Å². The molecule has 0 aliphatic carbocycles. The van der Waals surface area contributed by atoms with Crippen LogP contribution in [0.15, 0.2) is 24.3 Å². The highest BCUT2D eigenvalue weighted by Gasteiger charge is 2.03. The summed E-state index contributed by atoms with van der Waals surface area (Å²) in [6, 6.07) is 6.21. The third-order valence-corrected chi connectivity index (χ3v) is 2.12. The molecule has 0 unspecified atom stereocenters. The third kappa shape index (κ3) is 4.80. The van der Waals surface area contributed by atoms with Gasteiger partial charge in [0, 0.05) is 12.8 Å². The monoisotopic (exact) mass is 242 g/mol. The standard InChI is InChI=1S/C10H10O3S2/c11-7-1-3-8(4-2-7)13-10(15)6-5-9(12)14/h1-4,11H,5-6H2,(H,12,14). The van der Waals surface area contributed by atoms with E-state index in [0.29, 0.717) is 17.2 Å². The summed E-state index contributed by atoms with van der Waals surface area (Å²) in [5, 5.41) is 9.14. The van der Waals surface area contributed by atoms with Crippen molar-refractivity contribution in [1.82, 2.24) is 0 Å². The van der Waals surface area contributed by atoms with Crippen molar-refractivity contribution in [2.24, 2.45) is 0 Å². The number of phenolic OH excluding ortho intramolecular Hbond substituents is 1. The van der Waals surface area contributed by atoms with E-state index in [9.17, 15) is 4.79 Å². The summed E-state index contributed by atoms with van der Waals surface area (Å²) in [5.41, 5.74) is 0. The van der Waals surface area contributed by atoms with Crippen molar-refractivity contribution in [2.75, 3.05) is 0 Å². The van der Waals surface area contributed by atoms with Gasteiger partial charge in [0.05, 0.1) is 0 Å². The molecule has 0 saturated heterocycles. The number of hydrogen-bond donors (Lipinski definition) is 2. The van der Waals surface area contributed by atoms with Crippen LogP contribution in [0.5, 0.6) is 11.5 Å². The summed E-state index contributed by atoms with van der Waals surface area (Å²) in [4.78, 5) is 10.6. The molecule has 0 amide bonds. The minimum absolute atomic E-state index is 0.166. The van der Waals surface area contributed by atoms with Crippen LogP contribution in [-0.4, -0.2) is 15.3 Å². The van der Waals surface area contributed by atoms with Gasteiger partial charge in [-0.3, -0.25) is 4.79 Å². The molecule has 0 saturated carbocycles. The van der Waals surface area contributed by atoms with Crippen molar-refractivity contribution < 1.29 is 14.6 Å². The van der Waals surface area contributed by atoms with Crippen LogP contribution in [0, 0.1) is 0 Å². The number of ether oxygens (including phenoxy) is 1. The van der Waals surface area contributed by atoms with Crippen molar-refractivity contribution in [1.29, 1.82) is 0 Å². The lowest BCUT2D eigenvalue weighted by Gasteiger charge is -2.05. The maximum absolute atomic E-state index is 10.6. The van der Waals surface area contributed by atoms with Crippen LogP contribution >= 0.6 is 24.8 Å². The van der Waals surface area contributed by atoms with Crippen LogP contribution < -0.4 is 4.74 Å². The van der Waals surface area contributed by atoms with Gasteiger partial charge in [0.15, 0.2) is 10.2 Å². The Bertz CT molecular complexity index is 359. The van der Waals surface area contributed by atoms with Crippen LogP contribution in [0.25, 0.3) is 0 Å². The first kappa shape index (κ1) is 12.0. The molecule has 1 rings (SSSR count). The van der Waals surface area contributed by atoms with E-state index in [1.54, 1.807) is 12.1 Å². The highest BCUT2D eigenvalue weighted by atomic mass is 32.1. The molecule has 0 radical (unpaired) electrons. The van der Waals surface area contributed by atoms with E-state index in [4.69, 9.17) is 22.1 Å². The van der Waals surface area contributed by atoms with Gasteiger partial charge in [0.2, 0.25) is 0 Å². The average Bonchev–Trinajstić information content (AvgIpc) is 2.19. The van der Waals surface area contributed by atoms with Crippen molar-refractivity contribution >= 4 is 35.0 Å². The van der Waals surface area contributed by atoms with Gasteiger partial charge >= 0.3 is 0 Å². The summed E-state index contributed by atoms with van der Waals surface area (Å²) in [7, 11) is 0. The smallest absolute Gasteiger partial charge is 0.186 e. The Hall–Kier alpha value is -1.07. The van der Waals surface area contributed by atoms with Crippen molar-refractivity contribution in [3.05, 3.63) is 24.3 Å². The fourth-order valence-electron chi connectivity index (χ4n) is 0.906. The number of phenols is 1. The topological polar surface area (TPSA) is 46.5 Å². The predicted octanol–water partition coefficient (Wildman–Crippen LogP) is 2.33. The second kappa shape index (κ2) is 5.72. The number of hydrogen-bond acceptors (Lipinski definition) is 4. The zero-order chi connectivity index (χ0) is 11.3. The summed E-state index contributed by atoms with van der Waals surface area (Å²) in [6.45, 7) is 0. The molecule has 1 aromatic rings. The zero-order valence-electron chi connectivity index (χ0n) is 7.84. The first-order valence-electron chi connectivity index (χ1n) is 4.29. The van der Waals surface area contributed by atoms with E-state index in [1.165, 1.54) is 12.1 Å². The van der Waals surface area contributed by atoms with E-state index in [2.05, 4.69) is 12.6 Å². The normalized spacial score (nSPS) is 9.67. The lowest BCUT2D eigenvalue weighted by Crippen LogP contribution is -2.06. The number of carbonyl (C=O) groups excluding carboxylic acids is 1. The van der Waals surface area contributed by atoms with Gasteiger partial charge in [-0.25, -0.2) is 0 Å². The van der Waals surface area contributed by atoms with Crippen LogP contribution in [-0.2, 0) is 4.79 Å². The largest absolute Gasteiger partial charge is 0.508 e. The number of thiocarbonyl (C=S) groups is 1. The molecule has 0 spiro atoms. The van der Waals surface area contributed by atoms with Crippen molar-refractivity contribution in [3.8, 4) is 11.5 Å². The Kier molecular flexibility index (Phi) is 4.58. The Morgan fingerprint density at radius 3 is 2.47 bits per heavy atom. The third-order valence-electron chi connectivity index (χ3n) is 1.61. The number of rotatable bonds is 4. The maximum atomic E-state index is 10.6. The highest BCUT2D eigenvalue weighted by molar-refractivity contribution is 7.96. The van der Waals surface area contributed by atoms with Crippen molar-refractivity contribution in [2.45, 2.75) is 12.8 Å². The van der Waals surface area contributed by atoms with Gasteiger partial charge < -0.3 is 9.84 Å². The zero-order valence-corrected chi connectivity index (χ0v) is 9.55. The summed E-state index contributed by atoms with van der Waals surface area (Å²) >= 11 is 8.54. The molecule has 0 bridgehead atoms. The molecule has 80 valence electrons. The molecule has 0 aromatic heterocycles. The van der Waals surface area contributed by atoms with Gasteiger partial charge in [0.25, 0.3) is 0 Å². The fraction of sp³-hybridized carbons (Fsp3) is 0.200.